The van der Waals surface area contributed by atoms with Crippen LogP contribution in [0.2, 0.25) is 0 Å². The molecule has 4 nitrogen and oxygen atoms in total. The molecule has 1 amide bonds. The van der Waals surface area contributed by atoms with E-state index in [1.807, 2.05) is 6.92 Å². The maximum absolute atomic E-state index is 12.0. The quantitative estimate of drug-likeness (QED) is 0.800. The summed E-state index contributed by atoms with van der Waals surface area (Å²) >= 11 is 0. The highest BCUT2D eigenvalue weighted by atomic mass is 16.1. The molecule has 1 saturated carbocycles. The lowest BCUT2D eigenvalue weighted by Crippen LogP contribution is -2.49. The second-order valence-electron chi connectivity index (χ2n) is 5.34. The summed E-state index contributed by atoms with van der Waals surface area (Å²) in [6.07, 6.45) is 6.00. The van der Waals surface area contributed by atoms with Crippen molar-refractivity contribution in [1.82, 2.24) is 4.90 Å². The zero-order chi connectivity index (χ0) is 12.4. The summed E-state index contributed by atoms with van der Waals surface area (Å²) in [7, 11) is 0. The van der Waals surface area contributed by atoms with Crippen LogP contribution in [0.5, 0.6) is 0 Å². The number of primary amides is 1. The number of Topliss-reactive ketones (excluding diaryl/α,β-unsaturated/α-hetero) is 1. The molecule has 1 aliphatic heterocycles. The van der Waals surface area contributed by atoms with Crippen LogP contribution in [0, 0.1) is 5.92 Å². The van der Waals surface area contributed by atoms with Gasteiger partial charge in [0.1, 0.15) is 5.78 Å². The van der Waals surface area contributed by atoms with Crippen LogP contribution < -0.4 is 5.73 Å². The number of carbonyl (C=O) groups excluding carboxylic acids is 2. The van der Waals surface area contributed by atoms with E-state index in [1.165, 1.54) is 0 Å². The van der Waals surface area contributed by atoms with Crippen molar-refractivity contribution in [2.45, 2.75) is 57.5 Å². The monoisotopic (exact) mass is 238 g/mol. The molecule has 0 aromatic rings. The van der Waals surface area contributed by atoms with Gasteiger partial charge in [0, 0.05) is 18.4 Å². The maximum atomic E-state index is 12.0. The second kappa shape index (κ2) is 5.17. The summed E-state index contributed by atoms with van der Waals surface area (Å²) in [6, 6.07) is 0.0162. The Kier molecular flexibility index (Phi) is 3.82. The predicted molar refractivity (Wildman–Crippen MR) is 65.3 cm³/mol. The lowest BCUT2D eigenvalue weighted by atomic mass is 9.81. The van der Waals surface area contributed by atoms with Crippen LogP contribution in [0.25, 0.3) is 0 Å². The highest BCUT2D eigenvalue weighted by Crippen LogP contribution is 2.33. The van der Waals surface area contributed by atoms with Gasteiger partial charge in [0.2, 0.25) is 5.91 Å². The van der Waals surface area contributed by atoms with Crippen molar-refractivity contribution in [3.8, 4) is 0 Å². The Morgan fingerprint density at radius 1 is 1.35 bits per heavy atom. The van der Waals surface area contributed by atoms with Gasteiger partial charge < -0.3 is 5.73 Å². The normalized spacial score (nSPS) is 32.6. The van der Waals surface area contributed by atoms with Crippen molar-refractivity contribution in [2.24, 2.45) is 11.7 Å². The van der Waals surface area contributed by atoms with Crippen molar-refractivity contribution in [3.05, 3.63) is 0 Å². The molecule has 96 valence electrons. The van der Waals surface area contributed by atoms with Crippen LogP contribution in [0.3, 0.4) is 0 Å². The van der Waals surface area contributed by atoms with Crippen LogP contribution >= 0.6 is 0 Å². The summed E-state index contributed by atoms with van der Waals surface area (Å²) < 4.78 is 0. The van der Waals surface area contributed by atoms with Gasteiger partial charge in [0.25, 0.3) is 0 Å². The molecule has 1 saturated heterocycles. The molecule has 1 aliphatic carbocycles. The average Bonchev–Trinajstić information content (AvgIpc) is 2.77. The van der Waals surface area contributed by atoms with Gasteiger partial charge in [-0.3, -0.25) is 14.5 Å². The van der Waals surface area contributed by atoms with E-state index in [0.717, 1.165) is 45.1 Å². The number of hydrogen-bond acceptors (Lipinski definition) is 3. The van der Waals surface area contributed by atoms with E-state index in [4.69, 9.17) is 5.73 Å². The smallest absolute Gasteiger partial charge is 0.234 e. The third-order valence-electron chi connectivity index (χ3n) is 4.32. The summed E-state index contributed by atoms with van der Waals surface area (Å²) in [6.45, 7) is 2.76. The van der Waals surface area contributed by atoms with Crippen LogP contribution in [0.15, 0.2) is 0 Å². The van der Waals surface area contributed by atoms with Crippen LogP contribution in [-0.4, -0.2) is 35.2 Å². The van der Waals surface area contributed by atoms with Gasteiger partial charge in [-0.05, 0) is 39.2 Å². The Morgan fingerprint density at radius 3 is 2.76 bits per heavy atom. The molecule has 4 heteroatoms. The Morgan fingerprint density at radius 2 is 2.12 bits per heavy atom. The molecule has 3 atom stereocenters. The minimum Gasteiger partial charge on any atom is -0.368 e. The van der Waals surface area contributed by atoms with Crippen LogP contribution in [-0.2, 0) is 9.59 Å². The second-order valence-corrected chi connectivity index (χ2v) is 5.34. The van der Waals surface area contributed by atoms with Crippen molar-refractivity contribution in [2.75, 3.05) is 6.54 Å². The van der Waals surface area contributed by atoms with Gasteiger partial charge in [-0.25, -0.2) is 0 Å². The van der Waals surface area contributed by atoms with Gasteiger partial charge in [0.15, 0.2) is 0 Å². The molecule has 3 unspecified atom stereocenters. The van der Waals surface area contributed by atoms with Crippen molar-refractivity contribution < 1.29 is 9.59 Å². The van der Waals surface area contributed by atoms with Crippen molar-refractivity contribution in [1.29, 1.82) is 0 Å². The molecule has 2 fully saturated rings. The first-order valence-electron chi connectivity index (χ1n) is 6.69. The highest BCUT2D eigenvalue weighted by molar-refractivity contribution is 5.83. The standard InChI is InChI=1S/C13H22N2O2/c1-9(13(14)17)15-8-4-6-11(15)10-5-2-3-7-12(10)16/h9-11H,2-8H2,1H3,(H2,14,17). The fourth-order valence-electron chi connectivity index (χ4n) is 3.31. The summed E-state index contributed by atoms with van der Waals surface area (Å²) in [4.78, 5) is 25.4. The molecule has 0 aromatic heterocycles. The topological polar surface area (TPSA) is 63.4 Å². The SMILES string of the molecule is CC(C(N)=O)N1CCCC1C1CCCCC1=O. The Labute approximate surface area is 103 Å². The number of nitrogens with two attached hydrogens (primary N) is 1. The lowest BCUT2D eigenvalue weighted by Gasteiger charge is -2.35. The summed E-state index contributed by atoms with van der Waals surface area (Å²) in [5.41, 5.74) is 5.38. The molecule has 2 rings (SSSR count). The Balaban J connectivity index is 2.08. The van der Waals surface area contributed by atoms with E-state index in [1.54, 1.807) is 0 Å². The Hall–Kier alpha value is -0.900. The number of amides is 1. The molecule has 2 N–H and O–H groups in total. The van der Waals surface area contributed by atoms with Gasteiger partial charge in [-0.1, -0.05) is 6.42 Å². The number of rotatable bonds is 3. The van der Waals surface area contributed by atoms with E-state index >= 15 is 0 Å². The Bertz CT molecular complexity index is 317. The van der Waals surface area contributed by atoms with Crippen molar-refractivity contribution in [3.63, 3.8) is 0 Å². The number of nitrogens with zero attached hydrogens (tertiary/aromatic N) is 1. The number of carbonyl (C=O) groups is 2. The van der Waals surface area contributed by atoms with Crippen molar-refractivity contribution >= 4 is 11.7 Å². The van der Waals surface area contributed by atoms with E-state index in [9.17, 15) is 9.59 Å². The third-order valence-corrected chi connectivity index (χ3v) is 4.32. The highest BCUT2D eigenvalue weighted by Gasteiger charge is 2.39. The van der Waals surface area contributed by atoms with Crippen LogP contribution in [0.4, 0.5) is 0 Å². The zero-order valence-corrected chi connectivity index (χ0v) is 10.5. The molecule has 0 radical (unpaired) electrons. The largest absolute Gasteiger partial charge is 0.368 e. The molecule has 0 aromatic carbocycles. The fourth-order valence-corrected chi connectivity index (χ4v) is 3.31. The minimum atomic E-state index is -0.278. The van der Waals surface area contributed by atoms with E-state index in [0.29, 0.717) is 5.78 Å². The third kappa shape index (κ3) is 2.51. The number of hydrogen-bond donors (Lipinski definition) is 1. The molecule has 2 aliphatic rings. The van der Waals surface area contributed by atoms with Crippen LogP contribution in [0.1, 0.15) is 45.4 Å². The predicted octanol–water partition coefficient (Wildman–Crippen LogP) is 1.08. The van der Waals surface area contributed by atoms with Gasteiger partial charge >= 0.3 is 0 Å². The molecular weight excluding hydrogens is 216 g/mol. The molecular formula is C13H22N2O2. The molecule has 0 bridgehead atoms. The van der Waals surface area contributed by atoms with Gasteiger partial charge in [-0.15, -0.1) is 0 Å². The van der Waals surface area contributed by atoms with E-state index < -0.39 is 0 Å². The van der Waals surface area contributed by atoms with E-state index in [-0.39, 0.29) is 23.9 Å². The fraction of sp³-hybridized carbons (Fsp3) is 0.846. The lowest BCUT2D eigenvalue weighted by molar-refractivity contribution is -0.130. The first-order valence-corrected chi connectivity index (χ1v) is 6.69. The van der Waals surface area contributed by atoms with Gasteiger partial charge in [0.05, 0.1) is 6.04 Å². The zero-order valence-electron chi connectivity index (χ0n) is 10.5. The summed E-state index contributed by atoms with van der Waals surface area (Å²) in [5.74, 6) is 0.262. The first-order chi connectivity index (χ1) is 8.11. The first kappa shape index (κ1) is 12.6. The maximum Gasteiger partial charge on any atom is 0.234 e. The average molecular weight is 238 g/mol. The molecule has 1 heterocycles. The number of likely N-dealkylation sites (tertiary alicyclic amines) is 1. The summed E-state index contributed by atoms with van der Waals surface area (Å²) in [5, 5.41) is 0. The minimum absolute atomic E-state index is 0.146. The van der Waals surface area contributed by atoms with Gasteiger partial charge in [-0.2, -0.15) is 0 Å². The molecule has 17 heavy (non-hydrogen) atoms. The van der Waals surface area contributed by atoms with E-state index in [2.05, 4.69) is 4.90 Å². The number of ketones is 1. The molecule has 0 spiro atoms.